The lowest BCUT2D eigenvalue weighted by Crippen LogP contribution is -2.30. The summed E-state index contributed by atoms with van der Waals surface area (Å²) in [4.78, 5) is 14.5. The minimum Gasteiger partial charge on any atom is -0.372 e. The molecule has 0 aromatic carbocycles. The number of hydrogen-bond acceptors (Lipinski definition) is 6. The van der Waals surface area contributed by atoms with Crippen molar-refractivity contribution in [2.75, 3.05) is 11.9 Å². The monoisotopic (exact) mass is 326 g/mol. The number of hydrogen-bond donors (Lipinski definition) is 1. The van der Waals surface area contributed by atoms with Crippen molar-refractivity contribution in [3.8, 4) is 0 Å². The maximum absolute atomic E-state index is 5.89. The van der Waals surface area contributed by atoms with Crippen LogP contribution < -0.4 is 5.32 Å². The molecular weight excluding hydrogens is 308 g/mol. The van der Waals surface area contributed by atoms with Gasteiger partial charge < -0.3 is 10.1 Å². The van der Waals surface area contributed by atoms with Gasteiger partial charge in [-0.3, -0.25) is 4.98 Å². The number of aromatic nitrogens is 3. The van der Waals surface area contributed by atoms with Crippen LogP contribution in [0.2, 0.25) is 0 Å². The summed E-state index contributed by atoms with van der Waals surface area (Å²) in [7, 11) is 0. The maximum Gasteiger partial charge on any atom is 0.138 e. The van der Waals surface area contributed by atoms with Crippen molar-refractivity contribution in [1.29, 1.82) is 0 Å². The van der Waals surface area contributed by atoms with Gasteiger partial charge in [0.1, 0.15) is 22.6 Å². The molecule has 4 heterocycles. The van der Waals surface area contributed by atoms with Crippen molar-refractivity contribution in [1.82, 2.24) is 15.0 Å². The Labute approximate surface area is 138 Å². The number of thiophene rings is 1. The number of aryl methyl sites for hydroxylation is 1. The molecule has 0 unspecified atom stereocenters. The van der Waals surface area contributed by atoms with E-state index in [2.05, 4.69) is 31.7 Å². The van der Waals surface area contributed by atoms with Crippen LogP contribution in [0, 0.1) is 6.92 Å². The second kappa shape index (κ2) is 6.22. The maximum atomic E-state index is 5.89. The second-order valence-electron chi connectivity index (χ2n) is 5.74. The van der Waals surface area contributed by atoms with Crippen molar-refractivity contribution in [3.05, 3.63) is 47.4 Å². The van der Waals surface area contributed by atoms with E-state index in [9.17, 15) is 0 Å². The lowest BCUT2D eigenvalue weighted by molar-refractivity contribution is 0.00718. The molecule has 0 bridgehead atoms. The smallest absolute Gasteiger partial charge is 0.138 e. The van der Waals surface area contributed by atoms with E-state index in [0.29, 0.717) is 6.04 Å². The third-order valence-corrected chi connectivity index (χ3v) is 4.89. The van der Waals surface area contributed by atoms with Crippen molar-refractivity contribution in [2.45, 2.75) is 31.9 Å². The van der Waals surface area contributed by atoms with Gasteiger partial charge >= 0.3 is 0 Å². The summed E-state index contributed by atoms with van der Waals surface area (Å²) in [6.45, 7) is 2.67. The molecule has 0 aliphatic carbocycles. The Morgan fingerprint density at radius 3 is 3.09 bits per heavy atom. The zero-order valence-corrected chi connectivity index (χ0v) is 13.7. The molecule has 4 rings (SSSR count). The minimum absolute atomic E-state index is 0.0448. The Morgan fingerprint density at radius 2 is 2.22 bits per heavy atom. The molecule has 23 heavy (non-hydrogen) atoms. The first-order chi connectivity index (χ1) is 11.3. The van der Waals surface area contributed by atoms with E-state index >= 15 is 0 Å². The normalized spacial score (nSPS) is 21.4. The predicted octanol–water partition coefficient (Wildman–Crippen LogP) is 3.73. The quantitative estimate of drug-likeness (QED) is 0.795. The molecule has 3 aromatic rings. The molecule has 0 saturated carbocycles. The van der Waals surface area contributed by atoms with Gasteiger partial charge in [-0.2, -0.15) is 0 Å². The highest BCUT2D eigenvalue weighted by molar-refractivity contribution is 7.16. The highest BCUT2D eigenvalue weighted by Gasteiger charge is 2.25. The second-order valence-corrected chi connectivity index (χ2v) is 6.63. The fourth-order valence-electron chi connectivity index (χ4n) is 2.97. The Morgan fingerprint density at radius 1 is 1.26 bits per heavy atom. The van der Waals surface area contributed by atoms with Crippen molar-refractivity contribution in [3.63, 3.8) is 0 Å². The van der Waals surface area contributed by atoms with E-state index in [0.717, 1.165) is 47.0 Å². The van der Waals surface area contributed by atoms with Gasteiger partial charge in [-0.25, -0.2) is 9.97 Å². The lowest BCUT2D eigenvalue weighted by Gasteiger charge is -2.30. The summed E-state index contributed by atoms with van der Waals surface area (Å²) >= 11 is 1.65. The van der Waals surface area contributed by atoms with Gasteiger partial charge in [-0.15, -0.1) is 11.3 Å². The van der Waals surface area contributed by atoms with Crippen LogP contribution in [-0.2, 0) is 4.74 Å². The summed E-state index contributed by atoms with van der Waals surface area (Å²) < 4.78 is 5.89. The van der Waals surface area contributed by atoms with E-state index in [4.69, 9.17) is 4.74 Å². The van der Waals surface area contributed by atoms with Crippen LogP contribution in [0.4, 0.5) is 5.82 Å². The summed E-state index contributed by atoms with van der Waals surface area (Å²) in [5, 5.41) is 6.76. The Kier molecular flexibility index (Phi) is 3.93. The average molecular weight is 326 g/mol. The van der Waals surface area contributed by atoms with Crippen LogP contribution in [0.25, 0.3) is 10.2 Å². The molecule has 0 radical (unpaired) electrons. The fraction of sp³-hybridized carbons (Fsp3) is 0.353. The highest BCUT2D eigenvalue weighted by atomic mass is 32.1. The Balaban J connectivity index is 1.55. The Bertz CT molecular complexity index is 805. The molecular formula is C17H18N4OS. The molecule has 5 nitrogen and oxygen atoms in total. The molecule has 6 heteroatoms. The van der Waals surface area contributed by atoms with Crippen molar-refractivity contribution in [2.24, 2.45) is 0 Å². The van der Waals surface area contributed by atoms with Gasteiger partial charge in [0.05, 0.1) is 11.1 Å². The van der Waals surface area contributed by atoms with Crippen LogP contribution >= 0.6 is 11.3 Å². The molecule has 0 amide bonds. The molecule has 1 aliphatic rings. The van der Waals surface area contributed by atoms with E-state index in [-0.39, 0.29) is 6.10 Å². The molecule has 1 saturated heterocycles. The average Bonchev–Trinajstić information content (AvgIpc) is 3.04. The van der Waals surface area contributed by atoms with Gasteiger partial charge in [0.2, 0.25) is 0 Å². The van der Waals surface area contributed by atoms with Crippen LogP contribution in [0.5, 0.6) is 0 Å². The van der Waals surface area contributed by atoms with Gasteiger partial charge in [0, 0.05) is 18.8 Å². The topological polar surface area (TPSA) is 59.9 Å². The molecule has 2 atom stereocenters. The van der Waals surface area contributed by atoms with Crippen LogP contribution in [0.15, 0.2) is 35.8 Å². The van der Waals surface area contributed by atoms with Crippen LogP contribution in [0.3, 0.4) is 0 Å². The largest absolute Gasteiger partial charge is 0.372 e. The summed E-state index contributed by atoms with van der Waals surface area (Å²) in [5.74, 6) is 1.73. The minimum atomic E-state index is 0.0448. The third-order valence-electron chi connectivity index (χ3n) is 4.08. The molecule has 1 fully saturated rings. The van der Waals surface area contributed by atoms with Gasteiger partial charge in [0.15, 0.2) is 0 Å². The summed E-state index contributed by atoms with van der Waals surface area (Å²) in [6, 6.07) is 8.37. The molecule has 118 valence electrons. The van der Waals surface area contributed by atoms with Crippen LogP contribution in [-0.4, -0.2) is 27.6 Å². The third kappa shape index (κ3) is 3.04. The number of fused-ring (bicyclic) bond motifs is 1. The molecule has 1 aliphatic heterocycles. The number of nitrogens with zero attached hydrogens (tertiary/aromatic N) is 3. The first-order valence-electron chi connectivity index (χ1n) is 7.80. The molecule has 0 spiro atoms. The number of anilines is 1. The standard InChI is InChI=1S/C17H18N4OS/c1-11-19-16(13-6-9-23-17(13)20-11)21-12-5-8-22-15(10-12)14-4-2-3-7-18-14/h2-4,6-7,9,12,15H,5,8,10H2,1H3,(H,19,20,21)/t12-,15-/m1/s1. The zero-order chi connectivity index (χ0) is 15.6. The molecule has 1 N–H and O–H groups in total. The van der Waals surface area contributed by atoms with Gasteiger partial charge in [-0.1, -0.05) is 6.07 Å². The van der Waals surface area contributed by atoms with Gasteiger partial charge in [0.25, 0.3) is 0 Å². The van der Waals surface area contributed by atoms with E-state index in [1.54, 1.807) is 11.3 Å². The van der Waals surface area contributed by atoms with Crippen molar-refractivity contribution < 1.29 is 4.74 Å². The van der Waals surface area contributed by atoms with Crippen LogP contribution in [0.1, 0.15) is 30.5 Å². The number of rotatable bonds is 3. The highest BCUT2D eigenvalue weighted by Crippen LogP contribution is 2.31. The van der Waals surface area contributed by atoms with E-state index < -0.39 is 0 Å². The SMILES string of the molecule is Cc1nc(N[C@@H]2CCO[C@@H](c3ccccn3)C2)c2ccsc2n1. The van der Waals surface area contributed by atoms with Crippen molar-refractivity contribution >= 4 is 27.4 Å². The first-order valence-corrected chi connectivity index (χ1v) is 8.68. The Hall–Kier alpha value is -2.05. The zero-order valence-electron chi connectivity index (χ0n) is 12.9. The summed E-state index contributed by atoms with van der Waals surface area (Å²) in [6.07, 6.45) is 3.73. The van der Waals surface area contributed by atoms with E-state index in [1.165, 1.54) is 0 Å². The van der Waals surface area contributed by atoms with Gasteiger partial charge in [-0.05, 0) is 43.3 Å². The number of ether oxygens (including phenoxy) is 1. The molecule has 3 aromatic heterocycles. The number of nitrogens with one attached hydrogen (secondary N) is 1. The fourth-order valence-corrected chi connectivity index (χ4v) is 3.78. The lowest BCUT2D eigenvalue weighted by atomic mass is 10.0. The van der Waals surface area contributed by atoms with E-state index in [1.807, 2.05) is 31.3 Å². The first kappa shape index (κ1) is 14.5. The summed E-state index contributed by atoms with van der Waals surface area (Å²) in [5.41, 5.74) is 0.999. The number of pyridine rings is 1. The predicted molar refractivity (Wildman–Crippen MR) is 91.7 cm³/mol.